The van der Waals surface area contributed by atoms with Gasteiger partial charge in [0.15, 0.2) is 0 Å². The minimum atomic E-state index is -0.114. The first kappa shape index (κ1) is 24.1. The van der Waals surface area contributed by atoms with Crippen LogP contribution in [0.25, 0.3) is 0 Å². The Morgan fingerprint density at radius 1 is 0.433 bits per heavy atom. The molecule has 0 unspecified atom stereocenters. The Morgan fingerprint density at radius 2 is 0.733 bits per heavy atom. The summed E-state index contributed by atoms with van der Waals surface area (Å²) in [5, 5.41) is 36.9. The molecule has 0 aliphatic heterocycles. The van der Waals surface area contributed by atoms with Crippen LogP contribution in [0.1, 0.15) is 22.3 Å². The largest absolute Gasteiger partial charge is 0.491 e. The summed E-state index contributed by atoms with van der Waals surface area (Å²) in [6.07, 6.45) is 0. The first-order chi connectivity index (χ1) is 14.7. The SMILES string of the molecule is OCc1cc(CO)cc(OCCOCCOCCOc2cc(CO)cc(CO)c2)c1. The van der Waals surface area contributed by atoms with Crippen LogP contribution < -0.4 is 9.47 Å². The molecule has 0 saturated carbocycles. The Balaban J connectivity index is 1.54. The summed E-state index contributed by atoms with van der Waals surface area (Å²) in [5.41, 5.74) is 2.74. The molecule has 8 heteroatoms. The predicted octanol–water partition coefficient (Wildman–Crippen LogP) is 1.15. The Kier molecular flexibility index (Phi) is 11.2. The molecule has 8 nitrogen and oxygen atoms in total. The van der Waals surface area contributed by atoms with Gasteiger partial charge in [-0.3, -0.25) is 0 Å². The Morgan fingerprint density at radius 3 is 1.03 bits per heavy atom. The van der Waals surface area contributed by atoms with Crippen LogP contribution in [0, 0.1) is 0 Å². The molecule has 0 saturated heterocycles. The van der Waals surface area contributed by atoms with Crippen LogP contribution in [-0.2, 0) is 35.9 Å². The van der Waals surface area contributed by atoms with Gasteiger partial charge in [-0.2, -0.15) is 0 Å². The van der Waals surface area contributed by atoms with E-state index >= 15 is 0 Å². The molecule has 0 heterocycles. The molecule has 4 N–H and O–H groups in total. The smallest absolute Gasteiger partial charge is 0.120 e. The minimum Gasteiger partial charge on any atom is -0.491 e. The van der Waals surface area contributed by atoms with Crippen molar-refractivity contribution in [3.05, 3.63) is 58.7 Å². The molecule has 0 aromatic heterocycles. The highest BCUT2D eigenvalue weighted by Gasteiger charge is 2.03. The number of hydrogen-bond acceptors (Lipinski definition) is 8. The Labute approximate surface area is 176 Å². The van der Waals surface area contributed by atoms with Crippen LogP contribution in [0.5, 0.6) is 11.5 Å². The standard InChI is InChI=1S/C22H30O8/c23-13-17-7-18(14-24)10-21(9-17)29-5-3-27-1-2-28-4-6-30-22-11-19(15-25)8-20(12-22)16-26/h7-12,23-26H,1-6,13-16H2. The molecule has 2 rings (SSSR count). The van der Waals surface area contributed by atoms with Crippen molar-refractivity contribution in [3.8, 4) is 11.5 Å². The molecule has 0 aliphatic rings. The van der Waals surface area contributed by atoms with E-state index in [1.54, 1.807) is 36.4 Å². The molecule has 0 fully saturated rings. The fraction of sp³-hybridized carbons (Fsp3) is 0.455. The van der Waals surface area contributed by atoms with Crippen molar-refractivity contribution in [1.29, 1.82) is 0 Å². The van der Waals surface area contributed by atoms with Crippen molar-refractivity contribution in [2.24, 2.45) is 0 Å². The molecule has 30 heavy (non-hydrogen) atoms. The van der Waals surface area contributed by atoms with Gasteiger partial charge in [0.05, 0.1) is 52.9 Å². The minimum absolute atomic E-state index is 0.114. The molecular formula is C22H30O8. The second kappa shape index (κ2) is 13.9. The van der Waals surface area contributed by atoms with E-state index in [4.69, 9.17) is 18.9 Å². The summed E-state index contributed by atoms with van der Waals surface area (Å²) in [5.74, 6) is 1.16. The van der Waals surface area contributed by atoms with E-state index in [9.17, 15) is 20.4 Å². The molecule has 0 spiro atoms. The Hall–Kier alpha value is -2.20. The van der Waals surface area contributed by atoms with Gasteiger partial charge in [-0.05, 0) is 46.5 Å². The molecule has 0 aliphatic carbocycles. The number of benzene rings is 2. The second-order valence-electron chi connectivity index (χ2n) is 6.52. The van der Waals surface area contributed by atoms with E-state index in [0.717, 1.165) is 0 Å². The van der Waals surface area contributed by atoms with E-state index in [1.165, 1.54) is 0 Å². The third kappa shape index (κ3) is 8.66. The second-order valence-corrected chi connectivity index (χ2v) is 6.52. The maximum atomic E-state index is 9.22. The van der Waals surface area contributed by atoms with Crippen LogP contribution in [0.3, 0.4) is 0 Å². The maximum Gasteiger partial charge on any atom is 0.120 e. The molecule has 166 valence electrons. The maximum absolute atomic E-state index is 9.22. The van der Waals surface area contributed by atoms with E-state index in [-0.39, 0.29) is 26.4 Å². The molecule has 2 aromatic rings. The third-order valence-electron chi connectivity index (χ3n) is 4.15. The van der Waals surface area contributed by atoms with Gasteiger partial charge in [0.25, 0.3) is 0 Å². The highest BCUT2D eigenvalue weighted by Crippen LogP contribution is 2.18. The molecule has 0 amide bonds. The lowest BCUT2D eigenvalue weighted by Gasteiger charge is -2.11. The van der Waals surface area contributed by atoms with E-state index < -0.39 is 0 Å². The summed E-state index contributed by atoms with van der Waals surface area (Å²) >= 11 is 0. The lowest BCUT2D eigenvalue weighted by atomic mass is 10.1. The van der Waals surface area contributed by atoms with Crippen LogP contribution in [0.4, 0.5) is 0 Å². The number of ether oxygens (including phenoxy) is 4. The number of aliphatic hydroxyl groups is 4. The topological polar surface area (TPSA) is 118 Å². The summed E-state index contributed by atoms with van der Waals surface area (Å²) < 4.78 is 22.1. The first-order valence-corrected chi connectivity index (χ1v) is 9.78. The number of rotatable bonds is 15. The van der Waals surface area contributed by atoms with Crippen LogP contribution in [0.15, 0.2) is 36.4 Å². The fourth-order valence-corrected chi connectivity index (χ4v) is 2.75. The number of hydrogen-bond donors (Lipinski definition) is 4. The van der Waals surface area contributed by atoms with E-state index in [0.29, 0.717) is 73.4 Å². The van der Waals surface area contributed by atoms with Crippen molar-refractivity contribution in [3.63, 3.8) is 0 Å². The first-order valence-electron chi connectivity index (χ1n) is 9.78. The van der Waals surface area contributed by atoms with E-state index in [1.807, 2.05) is 0 Å². The van der Waals surface area contributed by atoms with Gasteiger partial charge in [-0.15, -0.1) is 0 Å². The summed E-state index contributed by atoms with van der Waals surface area (Å²) in [6.45, 7) is 1.83. The van der Waals surface area contributed by atoms with Crippen molar-refractivity contribution in [2.45, 2.75) is 26.4 Å². The quantitative estimate of drug-likeness (QED) is 0.316. The lowest BCUT2D eigenvalue weighted by Crippen LogP contribution is -2.13. The summed E-state index contributed by atoms with van der Waals surface area (Å²) in [7, 11) is 0. The summed E-state index contributed by atoms with van der Waals surface area (Å²) in [4.78, 5) is 0. The summed E-state index contributed by atoms with van der Waals surface area (Å²) in [6, 6.07) is 10.3. The number of aliphatic hydroxyl groups excluding tert-OH is 4. The van der Waals surface area contributed by atoms with E-state index in [2.05, 4.69) is 0 Å². The van der Waals surface area contributed by atoms with Crippen LogP contribution in [-0.4, -0.2) is 60.1 Å². The zero-order valence-corrected chi connectivity index (χ0v) is 17.0. The highest BCUT2D eigenvalue weighted by atomic mass is 16.6. The van der Waals surface area contributed by atoms with Crippen molar-refractivity contribution in [2.75, 3.05) is 39.6 Å². The van der Waals surface area contributed by atoms with Gasteiger partial charge in [-0.25, -0.2) is 0 Å². The average molecular weight is 422 g/mol. The van der Waals surface area contributed by atoms with Gasteiger partial charge in [0.1, 0.15) is 24.7 Å². The van der Waals surface area contributed by atoms with Crippen LogP contribution >= 0.6 is 0 Å². The fourth-order valence-electron chi connectivity index (χ4n) is 2.75. The lowest BCUT2D eigenvalue weighted by molar-refractivity contribution is 0.0273. The predicted molar refractivity (Wildman–Crippen MR) is 109 cm³/mol. The molecule has 2 aromatic carbocycles. The normalized spacial score (nSPS) is 10.9. The Bertz CT molecular complexity index is 642. The van der Waals surface area contributed by atoms with Crippen molar-refractivity contribution >= 4 is 0 Å². The van der Waals surface area contributed by atoms with Gasteiger partial charge in [0, 0.05) is 0 Å². The van der Waals surface area contributed by atoms with Gasteiger partial charge < -0.3 is 39.4 Å². The molecule has 0 atom stereocenters. The molecular weight excluding hydrogens is 392 g/mol. The van der Waals surface area contributed by atoms with Gasteiger partial charge >= 0.3 is 0 Å². The monoisotopic (exact) mass is 422 g/mol. The van der Waals surface area contributed by atoms with Gasteiger partial charge in [0.2, 0.25) is 0 Å². The zero-order chi connectivity index (χ0) is 21.6. The molecule has 0 bridgehead atoms. The van der Waals surface area contributed by atoms with Crippen molar-refractivity contribution in [1.82, 2.24) is 0 Å². The van der Waals surface area contributed by atoms with Gasteiger partial charge in [-0.1, -0.05) is 12.1 Å². The molecule has 0 radical (unpaired) electrons. The zero-order valence-electron chi connectivity index (χ0n) is 17.0. The van der Waals surface area contributed by atoms with Crippen LogP contribution in [0.2, 0.25) is 0 Å². The third-order valence-corrected chi connectivity index (χ3v) is 4.15. The average Bonchev–Trinajstić information content (AvgIpc) is 2.79. The highest BCUT2D eigenvalue weighted by molar-refractivity contribution is 5.34. The van der Waals surface area contributed by atoms with Crippen molar-refractivity contribution < 1.29 is 39.4 Å².